The zero-order valence-electron chi connectivity index (χ0n) is 46.6. The minimum Gasteiger partial charge on any atom is -0.458 e. The largest absolute Gasteiger partial charge is 0.458 e. The van der Waals surface area contributed by atoms with Crippen LogP contribution in [-0.4, -0.2) is 220 Å². The number of ketones is 1. The van der Waals surface area contributed by atoms with E-state index in [9.17, 15) is 50.4 Å². The number of methoxy groups -OCH3 is 3. The number of benzene rings is 1. The monoisotopic (exact) mass is 1120 g/mol. The van der Waals surface area contributed by atoms with Gasteiger partial charge in [-0.15, -0.1) is 0 Å². The van der Waals surface area contributed by atoms with Gasteiger partial charge < -0.3 is 97.7 Å². The average molecular weight is 1120 g/mol. The maximum Gasteiger partial charge on any atom is 0.331 e. The highest BCUT2D eigenvalue weighted by Gasteiger charge is 2.81. The Morgan fingerprint density at radius 1 is 0.696 bits per heavy atom. The molecule has 26 atom stereocenters. The summed E-state index contributed by atoms with van der Waals surface area (Å²) >= 11 is 0. The summed E-state index contributed by atoms with van der Waals surface area (Å²) in [6.07, 6.45) is -12.7. The highest BCUT2D eigenvalue weighted by molar-refractivity contribution is 5.88. The Morgan fingerprint density at radius 3 is 1.92 bits per heavy atom. The van der Waals surface area contributed by atoms with Crippen LogP contribution in [0, 0.1) is 16.7 Å². The number of fused-ring (bicyclic) bond motifs is 5. The molecule has 4 saturated heterocycles. The average Bonchev–Trinajstić information content (AvgIpc) is 3.25. The number of rotatable bonds is 16. The number of Topliss-reactive ketones (excluding diaryl/α,β-unsaturated/α-hetero) is 1. The van der Waals surface area contributed by atoms with Gasteiger partial charge >= 0.3 is 5.97 Å². The molecular formula is C57H84O22. The number of carbonyl (C=O) groups excluding carboxylic acids is 2. The Hall–Kier alpha value is -2.92. The van der Waals surface area contributed by atoms with Crippen molar-refractivity contribution in [1.82, 2.24) is 0 Å². The molecule has 79 heavy (non-hydrogen) atoms. The predicted octanol–water partition coefficient (Wildman–Crippen LogP) is 1.50. The van der Waals surface area contributed by atoms with Crippen LogP contribution in [-0.2, 0) is 66.4 Å². The summed E-state index contributed by atoms with van der Waals surface area (Å²) in [6.45, 7) is 9.58. The fourth-order valence-corrected chi connectivity index (χ4v) is 14.8. The van der Waals surface area contributed by atoms with Crippen molar-refractivity contribution in [3.63, 3.8) is 0 Å². The van der Waals surface area contributed by atoms with Gasteiger partial charge in [-0.25, -0.2) is 4.79 Å². The molecule has 8 aliphatic rings. The van der Waals surface area contributed by atoms with Crippen LogP contribution in [0.5, 0.6) is 0 Å². The van der Waals surface area contributed by atoms with E-state index in [4.69, 9.17) is 56.8 Å². The van der Waals surface area contributed by atoms with E-state index in [-0.39, 0.29) is 38.2 Å². The van der Waals surface area contributed by atoms with Gasteiger partial charge in [0.25, 0.3) is 0 Å². The molecule has 4 aliphatic heterocycles. The number of ether oxygens (including phenoxy) is 12. The third kappa shape index (κ3) is 10.6. The minimum atomic E-state index is -2.07. The topological polar surface area (TPSA) is 307 Å². The first-order valence-corrected chi connectivity index (χ1v) is 27.9. The van der Waals surface area contributed by atoms with Crippen LogP contribution < -0.4 is 0 Å². The molecule has 8 N–H and O–H groups in total. The number of hydrogen-bond donors (Lipinski definition) is 8. The summed E-state index contributed by atoms with van der Waals surface area (Å²) < 4.78 is 74.1. The van der Waals surface area contributed by atoms with Gasteiger partial charge in [0.2, 0.25) is 0 Å². The van der Waals surface area contributed by atoms with E-state index in [0.29, 0.717) is 25.7 Å². The maximum atomic E-state index is 13.6. The first-order valence-electron chi connectivity index (χ1n) is 27.9. The van der Waals surface area contributed by atoms with Crippen LogP contribution >= 0.6 is 0 Å². The molecule has 7 fully saturated rings. The molecule has 0 amide bonds. The summed E-state index contributed by atoms with van der Waals surface area (Å²) in [4.78, 5) is 27.0. The van der Waals surface area contributed by atoms with Gasteiger partial charge in [0.05, 0.1) is 48.6 Å². The molecule has 1 aromatic carbocycles. The molecule has 0 aromatic heterocycles. The Labute approximate surface area is 461 Å². The zero-order valence-corrected chi connectivity index (χ0v) is 46.6. The lowest BCUT2D eigenvalue weighted by atomic mass is 9.42. The fourth-order valence-electron chi connectivity index (χ4n) is 14.8. The molecule has 0 bridgehead atoms. The van der Waals surface area contributed by atoms with E-state index in [1.54, 1.807) is 34.0 Å². The highest BCUT2D eigenvalue weighted by atomic mass is 16.8. The Kier molecular flexibility index (Phi) is 18.1. The van der Waals surface area contributed by atoms with Crippen molar-refractivity contribution >= 4 is 17.8 Å². The van der Waals surface area contributed by atoms with Crippen LogP contribution in [0.1, 0.15) is 105 Å². The second-order valence-electron chi connectivity index (χ2n) is 23.7. The van der Waals surface area contributed by atoms with Gasteiger partial charge in [0.1, 0.15) is 77.8 Å². The van der Waals surface area contributed by atoms with Crippen molar-refractivity contribution in [2.75, 3.05) is 27.9 Å². The molecule has 4 heterocycles. The Balaban J connectivity index is 0.816. The zero-order chi connectivity index (χ0) is 57.1. The third-order valence-electron chi connectivity index (χ3n) is 19.6. The minimum absolute atomic E-state index is 0.0567. The summed E-state index contributed by atoms with van der Waals surface area (Å²) in [5, 5.41) is 90.5. The Bertz CT molecular complexity index is 2340. The van der Waals surface area contributed by atoms with Crippen LogP contribution in [0.2, 0.25) is 0 Å². The SMILES string of the molecule is CO[C@@H]1[C@@H](O)[C@H](O[C@H]2[C@@H](OC)C[C@H](O[C@H]3[C@@H](OC)C[C@H](O[C@H]4CC[C@@]5(C)C(=CC[C@]6(O)[C@@H]5C[C@@H](OC(=O)/C=C/c5ccccc5)[C@@]5(C)[C@]6(O)CC[C@@]5(O)C(C)=O)C4)O[C@@H]3C)O[C@@H]2C)O[C@H](C)[C@H]1O[C@@H]1O[C@H](CO)[C@@H](O)[C@H](O)[C@H]1O. The first kappa shape index (κ1) is 60.7. The van der Waals surface area contributed by atoms with Crippen LogP contribution in [0.15, 0.2) is 48.1 Å². The molecule has 22 heteroatoms. The van der Waals surface area contributed by atoms with Gasteiger partial charge in [-0.3, -0.25) is 4.79 Å². The Morgan fingerprint density at radius 2 is 1.30 bits per heavy atom. The van der Waals surface area contributed by atoms with Gasteiger partial charge in [-0.1, -0.05) is 48.9 Å². The van der Waals surface area contributed by atoms with Crippen molar-refractivity contribution in [3.05, 3.63) is 53.6 Å². The highest BCUT2D eigenvalue weighted by Crippen LogP contribution is 2.71. The van der Waals surface area contributed by atoms with Crippen molar-refractivity contribution in [3.8, 4) is 0 Å². The van der Waals surface area contributed by atoms with Gasteiger partial charge in [-0.05, 0) is 96.6 Å². The molecule has 444 valence electrons. The molecule has 1 aromatic rings. The first-order chi connectivity index (χ1) is 37.4. The molecular weight excluding hydrogens is 1040 g/mol. The van der Waals surface area contributed by atoms with E-state index in [0.717, 1.165) is 11.1 Å². The van der Waals surface area contributed by atoms with Crippen LogP contribution in [0.4, 0.5) is 0 Å². The molecule has 0 radical (unpaired) electrons. The second kappa shape index (κ2) is 23.6. The lowest BCUT2D eigenvalue weighted by molar-refractivity contribution is -0.373. The van der Waals surface area contributed by atoms with E-state index in [1.165, 1.54) is 27.2 Å². The lowest BCUT2D eigenvalue weighted by Gasteiger charge is -2.67. The van der Waals surface area contributed by atoms with E-state index in [1.807, 2.05) is 43.3 Å². The van der Waals surface area contributed by atoms with Gasteiger partial charge in [0, 0.05) is 46.2 Å². The van der Waals surface area contributed by atoms with Crippen LogP contribution in [0.3, 0.4) is 0 Å². The lowest BCUT2D eigenvalue weighted by Crippen LogP contribution is -2.78. The molecule has 22 nitrogen and oxygen atoms in total. The van der Waals surface area contributed by atoms with Crippen molar-refractivity contribution < 1.29 is 107 Å². The normalized spacial score (nSPS) is 49.1. The summed E-state index contributed by atoms with van der Waals surface area (Å²) in [7, 11) is 4.49. The summed E-state index contributed by atoms with van der Waals surface area (Å²) in [6, 6.07) is 9.24. The van der Waals surface area contributed by atoms with Gasteiger partial charge in [0.15, 0.2) is 30.9 Å². The van der Waals surface area contributed by atoms with E-state index in [2.05, 4.69) is 6.92 Å². The molecule has 9 rings (SSSR count). The fraction of sp³-hybridized carbons (Fsp3) is 0.789. The smallest absolute Gasteiger partial charge is 0.331 e. The van der Waals surface area contributed by atoms with Crippen molar-refractivity contribution in [2.24, 2.45) is 16.7 Å². The van der Waals surface area contributed by atoms with Crippen molar-refractivity contribution in [1.29, 1.82) is 0 Å². The number of carbonyl (C=O) groups is 2. The third-order valence-corrected chi connectivity index (χ3v) is 19.6. The van der Waals surface area contributed by atoms with Crippen molar-refractivity contribution in [2.45, 2.75) is 239 Å². The standard InChI is InChI=1S/C57H84O22/c1-28-47(77-42-25-36(69-8)48(29(2)72-42)78-52-46(64)50(70-9)49(30(3)73-52)79-51-45(63)44(62)43(61)37(27-58)75-51)35(68-7)24-41(71-28)74-34-18-19-53(5)33(23-34)17-20-56(66)38(53)26-39(76-40(60)16-15-32-13-11-10-12-14-32)54(6)55(65,31(4)59)21-22-57(54,56)67/h10-17,28-30,34-39,41-52,58,61-67H,18-27H2,1-9H3/b16-15+/t28-,29-,30-,34+,35+,36+,37-,38-,39-,41+,42+,43-,44+,45-,46-,47-,48-,49-,50-,51+,52+,53+,54-,55-,56+,57-/m1/s1. The second-order valence-corrected chi connectivity index (χ2v) is 23.7. The maximum absolute atomic E-state index is 13.6. The van der Waals surface area contributed by atoms with E-state index >= 15 is 0 Å². The van der Waals surface area contributed by atoms with Gasteiger partial charge in [-0.2, -0.15) is 0 Å². The number of aliphatic hydroxyl groups excluding tert-OH is 5. The number of aliphatic hydroxyl groups is 8. The molecule has 0 spiro atoms. The molecule has 0 unspecified atom stereocenters. The molecule has 4 aliphatic carbocycles. The molecule has 3 saturated carbocycles. The number of esters is 1. The van der Waals surface area contributed by atoms with Crippen LogP contribution in [0.25, 0.3) is 6.08 Å². The summed E-state index contributed by atoms with van der Waals surface area (Å²) in [5.74, 6) is -1.87. The predicted molar refractivity (Wildman–Crippen MR) is 275 cm³/mol. The van der Waals surface area contributed by atoms with E-state index < -0.39 is 169 Å². The number of hydrogen-bond acceptors (Lipinski definition) is 22. The summed E-state index contributed by atoms with van der Waals surface area (Å²) in [5.41, 5.74) is -6.42. The quantitative estimate of drug-likeness (QED) is 0.0661.